The quantitative estimate of drug-likeness (QED) is 0.780. The van der Waals surface area contributed by atoms with Gasteiger partial charge in [-0.3, -0.25) is 0 Å². The van der Waals surface area contributed by atoms with E-state index in [2.05, 4.69) is 5.32 Å². The van der Waals surface area contributed by atoms with E-state index >= 15 is 0 Å². The predicted molar refractivity (Wildman–Crippen MR) is 75.3 cm³/mol. The molecule has 0 amide bonds. The highest BCUT2D eigenvalue weighted by atomic mass is 35.5. The van der Waals surface area contributed by atoms with E-state index in [-0.39, 0.29) is 5.02 Å². The zero-order chi connectivity index (χ0) is 13.3. The van der Waals surface area contributed by atoms with E-state index in [1.54, 1.807) is 0 Å². The van der Waals surface area contributed by atoms with Crippen LogP contribution in [-0.2, 0) is 0 Å². The topological polar surface area (TPSA) is 38.0 Å². The van der Waals surface area contributed by atoms with Crippen molar-refractivity contribution in [3.63, 3.8) is 0 Å². The van der Waals surface area contributed by atoms with Crippen molar-refractivity contribution < 1.29 is 4.39 Å². The van der Waals surface area contributed by atoms with E-state index in [4.69, 9.17) is 28.9 Å². The molecule has 0 heterocycles. The number of hydrogen-bond acceptors (Lipinski definition) is 2. The molecule has 0 aromatic heterocycles. The maximum atomic E-state index is 13.4. The molecule has 0 saturated heterocycles. The lowest BCUT2D eigenvalue weighted by molar-refractivity contribution is 0.629. The van der Waals surface area contributed by atoms with Crippen LogP contribution in [0.5, 0.6) is 0 Å². The maximum Gasteiger partial charge on any atom is 0.144 e. The van der Waals surface area contributed by atoms with Crippen LogP contribution in [-0.4, -0.2) is 0 Å². The third kappa shape index (κ3) is 2.68. The Bertz CT molecular complexity index is 600. The summed E-state index contributed by atoms with van der Waals surface area (Å²) in [6.45, 7) is 1.94. The van der Waals surface area contributed by atoms with Crippen LogP contribution >= 0.6 is 23.2 Å². The Hall–Kier alpha value is -1.45. The molecule has 0 atom stereocenters. The highest BCUT2D eigenvalue weighted by Gasteiger charge is 2.08. The third-order valence-corrected chi connectivity index (χ3v) is 3.09. The summed E-state index contributed by atoms with van der Waals surface area (Å²) in [5.41, 5.74) is 8.26. The van der Waals surface area contributed by atoms with Crippen molar-refractivity contribution in [2.75, 3.05) is 11.1 Å². The first-order valence-electron chi connectivity index (χ1n) is 5.25. The van der Waals surface area contributed by atoms with E-state index in [0.717, 1.165) is 5.56 Å². The number of halogens is 3. The fourth-order valence-electron chi connectivity index (χ4n) is 1.54. The number of hydrogen-bond donors (Lipinski definition) is 2. The van der Waals surface area contributed by atoms with Crippen LogP contribution in [0, 0.1) is 12.7 Å². The van der Waals surface area contributed by atoms with Crippen LogP contribution in [0.1, 0.15) is 5.56 Å². The molecule has 2 nitrogen and oxygen atoms in total. The maximum absolute atomic E-state index is 13.4. The number of nitrogens with two attached hydrogens (primary N) is 1. The van der Waals surface area contributed by atoms with Gasteiger partial charge in [0.25, 0.3) is 0 Å². The number of nitrogen functional groups attached to an aromatic ring is 1. The SMILES string of the molecule is Cc1ccc(Nc2cc(F)c(Cl)cc2N)c(Cl)c1. The number of anilines is 3. The minimum atomic E-state index is -0.531. The van der Waals surface area contributed by atoms with Crippen molar-refractivity contribution >= 4 is 40.3 Å². The van der Waals surface area contributed by atoms with Gasteiger partial charge in [0, 0.05) is 6.07 Å². The molecule has 3 N–H and O–H groups in total. The van der Waals surface area contributed by atoms with Gasteiger partial charge in [-0.2, -0.15) is 0 Å². The zero-order valence-corrected chi connectivity index (χ0v) is 11.1. The van der Waals surface area contributed by atoms with E-state index in [0.29, 0.717) is 22.1 Å². The van der Waals surface area contributed by atoms with Gasteiger partial charge in [-0.05, 0) is 30.7 Å². The van der Waals surface area contributed by atoms with Crippen molar-refractivity contribution in [3.8, 4) is 0 Å². The number of nitrogens with one attached hydrogen (secondary N) is 1. The van der Waals surface area contributed by atoms with Gasteiger partial charge in [0.05, 0.1) is 27.1 Å². The van der Waals surface area contributed by atoms with Crippen LogP contribution in [0.3, 0.4) is 0 Å². The average Bonchev–Trinajstić information content (AvgIpc) is 2.29. The summed E-state index contributed by atoms with van der Waals surface area (Å²) in [4.78, 5) is 0. The van der Waals surface area contributed by atoms with Crippen molar-refractivity contribution in [1.82, 2.24) is 0 Å². The molecule has 2 aromatic carbocycles. The van der Waals surface area contributed by atoms with Gasteiger partial charge in [0.1, 0.15) is 5.82 Å². The lowest BCUT2D eigenvalue weighted by atomic mass is 10.2. The Morgan fingerprint density at radius 1 is 1.06 bits per heavy atom. The minimum absolute atomic E-state index is 0.00643. The molecule has 2 rings (SSSR count). The monoisotopic (exact) mass is 284 g/mol. The summed E-state index contributed by atoms with van der Waals surface area (Å²) < 4.78 is 13.4. The Morgan fingerprint density at radius 3 is 2.44 bits per heavy atom. The van der Waals surface area contributed by atoms with Crippen LogP contribution < -0.4 is 11.1 Å². The van der Waals surface area contributed by atoms with E-state index in [9.17, 15) is 4.39 Å². The summed E-state index contributed by atoms with van der Waals surface area (Å²) >= 11 is 11.7. The van der Waals surface area contributed by atoms with Gasteiger partial charge in [-0.15, -0.1) is 0 Å². The Labute approximate surface area is 115 Å². The Kier molecular flexibility index (Phi) is 3.64. The highest BCUT2D eigenvalue weighted by molar-refractivity contribution is 6.33. The predicted octanol–water partition coefficient (Wildman–Crippen LogP) is 4.77. The molecular formula is C13H11Cl2FN2. The van der Waals surface area contributed by atoms with Gasteiger partial charge in [-0.1, -0.05) is 29.3 Å². The normalized spacial score (nSPS) is 10.4. The summed E-state index contributed by atoms with van der Waals surface area (Å²) in [6, 6.07) is 8.13. The lowest BCUT2D eigenvalue weighted by Crippen LogP contribution is -1.98. The first-order valence-corrected chi connectivity index (χ1v) is 6.00. The molecule has 94 valence electrons. The van der Waals surface area contributed by atoms with E-state index in [1.807, 2.05) is 25.1 Å². The number of benzene rings is 2. The van der Waals surface area contributed by atoms with Gasteiger partial charge >= 0.3 is 0 Å². The first kappa shape index (κ1) is 13.0. The molecule has 0 unspecified atom stereocenters. The summed E-state index contributed by atoms with van der Waals surface area (Å²) in [5, 5.41) is 3.52. The molecule has 0 spiro atoms. The summed E-state index contributed by atoms with van der Waals surface area (Å²) in [6.07, 6.45) is 0. The molecule has 2 aromatic rings. The smallest absolute Gasteiger partial charge is 0.144 e. The van der Waals surface area contributed by atoms with Gasteiger partial charge in [0.15, 0.2) is 0 Å². The second-order valence-corrected chi connectivity index (χ2v) is 4.78. The van der Waals surface area contributed by atoms with E-state index in [1.165, 1.54) is 12.1 Å². The second kappa shape index (κ2) is 5.04. The third-order valence-electron chi connectivity index (χ3n) is 2.49. The zero-order valence-electron chi connectivity index (χ0n) is 9.60. The Balaban J connectivity index is 2.37. The first-order chi connectivity index (χ1) is 8.47. The Morgan fingerprint density at radius 2 is 1.78 bits per heavy atom. The number of aryl methyl sites for hydroxylation is 1. The second-order valence-electron chi connectivity index (χ2n) is 3.96. The van der Waals surface area contributed by atoms with E-state index < -0.39 is 5.82 Å². The molecule has 0 fully saturated rings. The van der Waals surface area contributed by atoms with Gasteiger partial charge < -0.3 is 11.1 Å². The molecule has 0 radical (unpaired) electrons. The minimum Gasteiger partial charge on any atom is -0.397 e. The highest BCUT2D eigenvalue weighted by Crippen LogP contribution is 2.31. The summed E-state index contributed by atoms with van der Waals surface area (Å²) in [5.74, 6) is -0.531. The van der Waals surface area contributed by atoms with Crippen molar-refractivity contribution in [2.24, 2.45) is 0 Å². The fourth-order valence-corrected chi connectivity index (χ4v) is 1.99. The molecule has 0 aliphatic carbocycles. The van der Waals surface area contributed by atoms with Gasteiger partial charge in [-0.25, -0.2) is 4.39 Å². The van der Waals surface area contributed by atoms with Crippen LogP contribution in [0.25, 0.3) is 0 Å². The molecule has 5 heteroatoms. The molecule has 18 heavy (non-hydrogen) atoms. The molecule has 0 bridgehead atoms. The molecule has 0 aliphatic rings. The van der Waals surface area contributed by atoms with Crippen molar-refractivity contribution in [2.45, 2.75) is 6.92 Å². The largest absolute Gasteiger partial charge is 0.397 e. The fraction of sp³-hybridized carbons (Fsp3) is 0.0769. The average molecular weight is 285 g/mol. The van der Waals surface area contributed by atoms with Crippen LogP contribution in [0.4, 0.5) is 21.5 Å². The molecule has 0 saturated carbocycles. The van der Waals surface area contributed by atoms with Gasteiger partial charge in [0.2, 0.25) is 0 Å². The van der Waals surface area contributed by atoms with Crippen molar-refractivity contribution in [3.05, 3.63) is 51.8 Å². The molecular weight excluding hydrogens is 274 g/mol. The number of rotatable bonds is 2. The van der Waals surface area contributed by atoms with Crippen molar-refractivity contribution in [1.29, 1.82) is 0 Å². The standard InChI is InChI=1S/C13H11Cl2FN2/c1-7-2-3-12(9(15)4-7)18-13-6-10(16)8(14)5-11(13)17/h2-6,18H,17H2,1H3. The molecule has 0 aliphatic heterocycles. The van der Waals surface area contributed by atoms with Crippen LogP contribution in [0.15, 0.2) is 30.3 Å². The lowest BCUT2D eigenvalue weighted by Gasteiger charge is -2.12. The summed E-state index contributed by atoms with van der Waals surface area (Å²) in [7, 11) is 0. The van der Waals surface area contributed by atoms with Crippen LogP contribution in [0.2, 0.25) is 10.0 Å².